The zero-order valence-electron chi connectivity index (χ0n) is 7.73. The van der Waals surface area contributed by atoms with Gasteiger partial charge in [-0.25, -0.2) is 0 Å². The van der Waals surface area contributed by atoms with Crippen LogP contribution in [0, 0.1) is 0 Å². The van der Waals surface area contributed by atoms with Gasteiger partial charge in [-0.2, -0.15) is 0 Å². The Labute approximate surface area is 68.5 Å². The predicted octanol–water partition coefficient (Wildman–Crippen LogP) is 3.09. The van der Waals surface area contributed by atoms with Crippen molar-refractivity contribution in [1.29, 1.82) is 0 Å². The highest BCUT2D eigenvalue weighted by molar-refractivity contribution is 5.99. The Kier molecular flexibility index (Phi) is 2.28. The van der Waals surface area contributed by atoms with Crippen LogP contribution < -0.4 is 0 Å². The Hall–Kier alpha value is -0.850. The van der Waals surface area contributed by atoms with E-state index in [2.05, 4.69) is 32.7 Å². The third-order valence-corrected chi connectivity index (χ3v) is 2.21. The van der Waals surface area contributed by atoms with Gasteiger partial charge in [0, 0.05) is 11.9 Å². The molecule has 0 unspecified atom stereocenters. The summed E-state index contributed by atoms with van der Waals surface area (Å²) < 4.78 is 0. The van der Waals surface area contributed by atoms with E-state index in [1.54, 1.807) is 0 Å². The molecule has 0 saturated carbocycles. The SMILES string of the molecule is CC1=CN=C(C)C(C)=C(C)C1. The fourth-order valence-corrected chi connectivity index (χ4v) is 1.21. The summed E-state index contributed by atoms with van der Waals surface area (Å²) >= 11 is 0. The molecule has 1 aliphatic rings. The monoisotopic (exact) mass is 149 g/mol. The Bertz CT molecular complexity index is 249. The van der Waals surface area contributed by atoms with E-state index < -0.39 is 0 Å². The van der Waals surface area contributed by atoms with E-state index in [0.717, 1.165) is 12.1 Å². The van der Waals surface area contributed by atoms with Gasteiger partial charge < -0.3 is 0 Å². The van der Waals surface area contributed by atoms with Crippen LogP contribution in [0.2, 0.25) is 0 Å². The van der Waals surface area contributed by atoms with Gasteiger partial charge in [0.15, 0.2) is 0 Å². The molecule has 0 aromatic heterocycles. The summed E-state index contributed by atoms with van der Waals surface area (Å²) in [6.45, 7) is 8.50. The minimum Gasteiger partial charge on any atom is -0.261 e. The van der Waals surface area contributed by atoms with Gasteiger partial charge in [-0.1, -0.05) is 11.1 Å². The molecule has 1 heterocycles. The lowest BCUT2D eigenvalue weighted by Crippen LogP contribution is -1.94. The zero-order valence-corrected chi connectivity index (χ0v) is 7.73. The van der Waals surface area contributed by atoms with E-state index in [1.807, 2.05) is 6.20 Å². The average molecular weight is 149 g/mol. The van der Waals surface area contributed by atoms with Gasteiger partial charge in [-0.05, 0) is 39.7 Å². The zero-order chi connectivity index (χ0) is 8.43. The van der Waals surface area contributed by atoms with Crippen LogP contribution >= 0.6 is 0 Å². The topological polar surface area (TPSA) is 12.4 Å². The Morgan fingerprint density at radius 3 is 2.45 bits per heavy atom. The summed E-state index contributed by atoms with van der Waals surface area (Å²) in [5.74, 6) is 0. The van der Waals surface area contributed by atoms with Crippen molar-refractivity contribution in [3.63, 3.8) is 0 Å². The van der Waals surface area contributed by atoms with Crippen molar-refractivity contribution in [3.05, 3.63) is 22.9 Å². The van der Waals surface area contributed by atoms with Gasteiger partial charge in [0.2, 0.25) is 0 Å². The number of aliphatic imine (C=N–C) groups is 1. The van der Waals surface area contributed by atoms with Crippen LogP contribution in [0.4, 0.5) is 0 Å². The minimum atomic E-state index is 1.08. The molecule has 60 valence electrons. The normalized spacial score (nSPS) is 19.3. The minimum absolute atomic E-state index is 1.08. The molecule has 0 aromatic carbocycles. The van der Waals surface area contributed by atoms with Crippen LogP contribution in [0.1, 0.15) is 34.1 Å². The molecule has 0 saturated heterocycles. The van der Waals surface area contributed by atoms with Gasteiger partial charge >= 0.3 is 0 Å². The lowest BCUT2D eigenvalue weighted by molar-refractivity contribution is 1.09. The highest BCUT2D eigenvalue weighted by atomic mass is 14.7. The molecule has 0 spiro atoms. The van der Waals surface area contributed by atoms with Crippen molar-refractivity contribution in [2.45, 2.75) is 34.1 Å². The average Bonchev–Trinajstić information content (AvgIpc) is 2.05. The molecule has 0 bridgehead atoms. The summed E-state index contributed by atoms with van der Waals surface area (Å²) in [5, 5.41) is 0. The third kappa shape index (κ3) is 1.79. The highest BCUT2D eigenvalue weighted by Crippen LogP contribution is 2.18. The van der Waals surface area contributed by atoms with Crippen molar-refractivity contribution >= 4 is 5.71 Å². The van der Waals surface area contributed by atoms with Gasteiger partial charge in [0.05, 0.1) is 0 Å². The molecular formula is C10H15N. The number of hydrogen-bond acceptors (Lipinski definition) is 1. The molecule has 0 aliphatic carbocycles. The van der Waals surface area contributed by atoms with Crippen LogP contribution in [0.5, 0.6) is 0 Å². The van der Waals surface area contributed by atoms with Gasteiger partial charge in [0.25, 0.3) is 0 Å². The van der Waals surface area contributed by atoms with E-state index >= 15 is 0 Å². The van der Waals surface area contributed by atoms with Crippen LogP contribution in [-0.4, -0.2) is 5.71 Å². The quantitative estimate of drug-likeness (QED) is 0.502. The van der Waals surface area contributed by atoms with Crippen LogP contribution in [0.25, 0.3) is 0 Å². The van der Waals surface area contributed by atoms with Crippen LogP contribution in [0.15, 0.2) is 27.9 Å². The van der Waals surface area contributed by atoms with Crippen molar-refractivity contribution in [2.24, 2.45) is 4.99 Å². The van der Waals surface area contributed by atoms with Crippen LogP contribution in [0.3, 0.4) is 0 Å². The first-order chi connectivity index (χ1) is 5.11. The third-order valence-electron chi connectivity index (χ3n) is 2.21. The molecule has 1 aliphatic heterocycles. The number of rotatable bonds is 0. The molecule has 11 heavy (non-hydrogen) atoms. The second-order valence-corrected chi connectivity index (χ2v) is 3.27. The van der Waals surface area contributed by atoms with Gasteiger partial charge in [-0.3, -0.25) is 4.99 Å². The maximum Gasteiger partial charge on any atom is 0.0401 e. The Balaban J connectivity index is 3.05. The molecule has 1 nitrogen and oxygen atoms in total. The second kappa shape index (κ2) is 3.04. The Morgan fingerprint density at radius 2 is 1.82 bits per heavy atom. The highest BCUT2D eigenvalue weighted by Gasteiger charge is 2.04. The summed E-state index contributed by atoms with van der Waals surface area (Å²) in [4.78, 5) is 4.33. The molecule has 0 amide bonds. The van der Waals surface area contributed by atoms with E-state index in [0.29, 0.717) is 0 Å². The fraction of sp³-hybridized carbons (Fsp3) is 0.500. The van der Waals surface area contributed by atoms with Crippen molar-refractivity contribution < 1.29 is 0 Å². The van der Waals surface area contributed by atoms with Crippen LogP contribution in [-0.2, 0) is 0 Å². The van der Waals surface area contributed by atoms with E-state index in [-0.39, 0.29) is 0 Å². The van der Waals surface area contributed by atoms with Crippen molar-refractivity contribution in [1.82, 2.24) is 0 Å². The summed E-state index contributed by atoms with van der Waals surface area (Å²) in [5.41, 5.74) is 5.29. The van der Waals surface area contributed by atoms with Crippen molar-refractivity contribution in [3.8, 4) is 0 Å². The van der Waals surface area contributed by atoms with Crippen molar-refractivity contribution in [2.75, 3.05) is 0 Å². The molecular weight excluding hydrogens is 134 g/mol. The number of nitrogens with zero attached hydrogens (tertiary/aromatic N) is 1. The fourth-order valence-electron chi connectivity index (χ4n) is 1.21. The standard InChI is InChI=1S/C10H15N/c1-7-5-8(2)9(3)10(4)11-6-7/h6H,5H2,1-4H3. The lowest BCUT2D eigenvalue weighted by Gasteiger charge is -2.02. The van der Waals surface area contributed by atoms with E-state index in [9.17, 15) is 0 Å². The molecule has 0 fully saturated rings. The molecule has 0 N–H and O–H groups in total. The first-order valence-electron chi connectivity index (χ1n) is 3.98. The second-order valence-electron chi connectivity index (χ2n) is 3.27. The molecule has 0 radical (unpaired) electrons. The maximum absolute atomic E-state index is 4.33. The Morgan fingerprint density at radius 1 is 1.18 bits per heavy atom. The lowest BCUT2D eigenvalue weighted by atomic mass is 10.0. The number of hydrogen-bond donors (Lipinski definition) is 0. The summed E-state index contributed by atoms with van der Waals surface area (Å²) in [6.07, 6.45) is 3.04. The van der Waals surface area contributed by atoms with Gasteiger partial charge in [-0.15, -0.1) is 0 Å². The summed E-state index contributed by atoms with van der Waals surface area (Å²) in [7, 11) is 0. The van der Waals surface area contributed by atoms with E-state index in [4.69, 9.17) is 0 Å². The smallest absolute Gasteiger partial charge is 0.0401 e. The molecule has 1 rings (SSSR count). The largest absolute Gasteiger partial charge is 0.261 e. The predicted molar refractivity (Wildman–Crippen MR) is 49.9 cm³/mol. The number of allylic oxidation sites excluding steroid dienone is 3. The first-order valence-corrected chi connectivity index (χ1v) is 3.98. The van der Waals surface area contributed by atoms with Gasteiger partial charge in [0.1, 0.15) is 0 Å². The van der Waals surface area contributed by atoms with E-state index in [1.165, 1.54) is 16.7 Å². The molecule has 0 aromatic rings. The summed E-state index contributed by atoms with van der Waals surface area (Å²) in [6, 6.07) is 0. The first kappa shape index (κ1) is 8.25. The molecule has 1 heteroatoms. The maximum atomic E-state index is 4.33. The molecule has 0 atom stereocenters.